The second kappa shape index (κ2) is 12.6. The van der Waals surface area contributed by atoms with Gasteiger partial charge < -0.3 is 14.8 Å². The molecule has 4 aromatic rings. The summed E-state index contributed by atoms with van der Waals surface area (Å²) in [4.78, 5) is 41.9. The van der Waals surface area contributed by atoms with Crippen LogP contribution in [0.25, 0.3) is 11.0 Å². The second-order valence-corrected chi connectivity index (χ2v) is 10.1. The molecule has 0 aliphatic heterocycles. The molecule has 1 fully saturated rings. The molecule has 0 spiro atoms. The van der Waals surface area contributed by atoms with Crippen molar-refractivity contribution < 1.29 is 23.9 Å². The van der Waals surface area contributed by atoms with Crippen molar-refractivity contribution in [1.82, 2.24) is 20.3 Å². The Morgan fingerprint density at radius 2 is 1.66 bits per heavy atom. The maximum Gasteiger partial charge on any atom is 0.337 e. The lowest BCUT2D eigenvalue weighted by molar-refractivity contribution is -0.127. The largest absolute Gasteiger partial charge is 0.497 e. The third-order valence-electron chi connectivity index (χ3n) is 7.43. The quantitative estimate of drug-likeness (QED) is 0.303. The molecule has 0 radical (unpaired) electrons. The minimum Gasteiger partial charge on any atom is -0.497 e. The van der Waals surface area contributed by atoms with Crippen molar-refractivity contribution in [3.8, 4) is 5.75 Å². The minimum absolute atomic E-state index is 0.0279. The lowest BCUT2D eigenvalue weighted by Crippen LogP contribution is -2.48. The molecule has 2 amide bonds. The molecular weight excluding hydrogens is 522 g/mol. The summed E-state index contributed by atoms with van der Waals surface area (Å²) < 4.78 is 11.7. The Morgan fingerprint density at radius 3 is 2.34 bits per heavy atom. The number of benzene rings is 3. The summed E-state index contributed by atoms with van der Waals surface area (Å²) in [5.74, 6) is -0.517. The van der Waals surface area contributed by atoms with Crippen LogP contribution in [-0.2, 0) is 20.9 Å². The Kier molecular flexibility index (Phi) is 8.57. The molecule has 10 heteroatoms. The van der Waals surface area contributed by atoms with E-state index in [1.165, 1.54) is 16.7 Å². The lowest BCUT2D eigenvalue weighted by atomic mass is 9.94. The number of aromatic nitrogens is 3. The van der Waals surface area contributed by atoms with Crippen LogP contribution in [0, 0.1) is 0 Å². The molecule has 10 nitrogen and oxygen atoms in total. The first-order chi connectivity index (χ1) is 20.0. The van der Waals surface area contributed by atoms with Crippen molar-refractivity contribution >= 4 is 34.5 Å². The lowest BCUT2D eigenvalue weighted by Gasteiger charge is -2.33. The average molecular weight is 556 g/mol. The zero-order valence-electron chi connectivity index (χ0n) is 23.2. The Labute approximate surface area is 238 Å². The summed E-state index contributed by atoms with van der Waals surface area (Å²) in [5, 5.41) is 11.6. The number of nitrogens with one attached hydrogen (secondary N) is 1. The van der Waals surface area contributed by atoms with Crippen molar-refractivity contribution in [2.24, 2.45) is 0 Å². The summed E-state index contributed by atoms with van der Waals surface area (Å²) in [6, 6.07) is 20.0. The topological polar surface area (TPSA) is 116 Å². The van der Waals surface area contributed by atoms with Crippen LogP contribution in [0.4, 0.5) is 5.69 Å². The van der Waals surface area contributed by atoms with Crippen LogP contribution < -0.4 is 15.0 Å². The number of hydrogen-bond acceptors (Lipinski definition) is 7. The molecule has 5 rings (SSSR count). The van der Waals surface area contributed by atoms with Crippen molar-refractivity contribution in [3.63, 3.8) is 0 Å². The number of carbonyl (C=O) groups is 3. The van der Waals surface area contributed by atoms with Gasteiger partial charge in [0.1, 0.15) is 23.9 Å². The number of anilines is 1. The second-order valence-electron chi connectivity index (χ2n) is 10.1. The highest BCUT2D eigenvalue weighted by atomic mass is 16.5. The van der Waals surface area contributed by atoms with E-state index in [1.54, 1.807) is 55.6 Å². The van der Waals surface area contributed by atoms with E-state index in [0.717, 1.165) is 32.1 Å². The molecule has 41 heavy (non-hydrogen) atoms. The van der Waals surface area contributed by atoms with Gasteiger partial charge in [-0.2, -0.15) is 0 Å². The first kappa shape index (κ1) is 27.8. The fourth-order valence-corrected chi connectivity index (χ4v) is 5.28. The third kappa shape index (κ3) is 6.21. The van der Waals surface area contributed by atoms with Crippen LogP contribution in [0.2, 0.25) is 0 Å². The molecule has 0 bridgehead atoms. The van der Waals surface area contributed by atoms with Crippen molar-refractivity contribution in [3.05, 3.63) is 83.9 Å². The van der Waals surface area contributed by atoms with E-state index in [1.807, 2.05) is 24.3 Å². The van der Waals surface area contributed by atoms with Gasteiger partial charge in [0.2, 0.25) is 11.8 Å². The molecule has 1 aromatic heterocycles. The van der Waals surface area contributed by atoms with Gasteiger partial charge in [0.25, 0.3) is 0 Å². The van der Waals surface area contributed by atoms with Gasteiger partial charge >= 0.3 is 5.97 Å². The Bertz CT molecular complexity index is 1510. The van der Waals surface area contributed by atoms with Crippen molar-refractivity contribution in [2.75, 3.05) is 19.1 Å². The van der Waals surface area contributed by atoms with Gasteiger partial charge in [0.15, 0.2) is 0 Å². The zero-order valence-corrected chi connectivity index (χ0v) is 23.2. The highest BCUT2D eigenvalue weighted by Crippen LogP contribution is 2.31. The molecule has 0 saturated heterocycles. The number of esters is 1. The van der Waals surface area contributed by atoms with Crippen LogP contribution in [0.3, 0.4) is 0 Å². The number of rotatable bonds is 9. The van der Waals surface area contributed by atoms with Crippen LogP contribution in [0.15, 0.2) is 72.8 Å². The van der Waals surface area contributed by atoms with Gasteiger partial charge in [-0.3, -0.25) is 14.5 Å². The molecule has 3 aromatic carbocycles. The van der Waals surface area contributed by atoms with Gasteiger partial charge in [-0.1, -0.05) is 48.7 Å². The Balaban J connectivity index is 1.57. The Hall–Kier alpha value is -4.73. The van der Waals surface area contributed by atoms with Gasteiger partial charge in [0, 0.05) is 11.7 Å². The number of nitrogens with zero attached hydrogens (tertiary/aromatic N) is 4. The van der Waals surface area contributed by atoms with Gasteiger partial charge in [-0.05, 0) is 66.9 Å². The number of para-hydroxylation sites is 1. The number of amides is 2. The summed E-state index contributed by atoms with van der Waals surface area (Å²) >= 11 is 0. The van der Waals surface area contributed by atoms with E-state index < -0.39 is 12.0 Å². The molecule has 1 heterocycles. The number of fused-ring (bicyclic) bond motifs is 1. The predicted molar refractivity (Wildman–Crippen MR) is 154 cm³/mol. The maximum atomic E-state index is 14.2. The molecule has 1 aliphatic carbocycles. The molecule has 1 atom stereocenters. The first-order valence-corrected chi connectivity index (χ1v) is 13.7. The predicted octanol–water partition coefficient (Wildman–Crippen LogP) is 4.45. The summed E-state index contributed by atoms with van der Waals surface area (Å²) in [6.45, 7) is -0.139. The fraction of sp³-hybridized carbons (Fsp3) is 0.323. The minimum atomic E-state index is -1.01. The fourth-order valence-electron chi connectivity index (χ4n) is 5.28. The van der Waals surface area contributed by atoms with Gasteiger partial charge in [-0.25, -0.2) is 9.48 Å². The van der Waals surface area contributed by atoms with E-state index >= 15 is 0 Å². The average Bonchev–Trinajstić information content (AvgIpc) is 3.42. The SMILES string of the molecule is COC(=O)c1ccc([C@@H](C(=O)NC2CCCCC2)N(C(=O)Cn2nnc3ccccc32)c2ccc(OC)cc2)cc1. The molecule has 212 valence electrons. The number of methoxy groups -OCH3 is 2. The van der Waals surface area contributed by atoms with Gasteiger partial charge in [-0.15, -0.1) is 5.10 Å². The smallest absolute Gasteiger partial charge is 0.337 e. The monoisotopic (exact) mass is 555 g/mol. The normalized spacial score (nSPS) is 14.3. The molecular formula is C31H33N5O5. The van der Waals surface area contributed by atoms with Crippen LogP contribution in [-0.4, -0.2) is 53.0 Å². The summed E-state index contributed by atoms with van der Waals surface area (Å²) in [6.07, 6.45) is 5.02. The molecule has 1 N–H and O–H groups in total. The number of carbonyl (C=O) groups excluding carboxylic acids is 3. The summed E-state index contributed by atoms with van der Waals surface area (Å²) in [7, 11) is 2.88. The molecule has 1 aliphatic rings. The first-order valence-electron chi connectivity index (χ1n) is 13.7. The number of ether oxygens (including phenoxy) is 2. The van der Waals surface area contributed by atoms with E-state index in [-0.39, 0.29) is 24.4 Å². The van der Waals surface area contributed by atoms with E-state index in [0.29, 0.717) is 33.6 Å². The van der Waals surface area contributed by atoms with Crippen LogP contribution in [0.1, 0.15) is 54.1 Å². The number of hydrogen-bond donors (Lipinski definition) is 1. The third-order valence-corrected chi connectivity index (χ3v) is 7.43. The van der Waals surface area contributed by atoms with Crippen molar-refractivity contribution in [2.45, 2.75) is 50.7 Å². The molecule has 0 unspecified atom stereocenters. The highest BCUT2D eigenvalue weighted by Gasteiger charge is 2.34. The standard InChI is InChI=1S/C31H33N5O5/c1-40-25-18-16-24(17-19-25)36(28(37)20-35-27-11-7-6-10-26(27)33-34-35)29(30(38)32-23-8-4-3-5-9-23)21-12-14-22(15-13-21)31(39)41-2/h6-7,10-19,23,29H,3-5,8-9,20H2,1-2H3,(H,32,38)/t29-/m0/s1. The van der Waals surface area contributed by atoms with E-state index in [4.69, 9.17) is 9.47 Å². The van der Waals surface area contributed by atoms with E-state index in [9.17, 15) is 14.4 Å². The van der Waals surface area contributed by atoms with Crippen LogP contribution >= 0.6 is 0 Å². The molecule has 1 saturated carbocycles. The zero-order chi connectivity index (χ0) is 28.8. The van der Waals surface area contributed by atoms with Crippen LogP contribution in [0.5, 0.6) is 5.75 Å². The van der Waals surface area contributed by atoms with Crippen molar-refractivity contribution in [1.29, 1.82) is 0 Å². The summed E-state index contributed by atoms with van der Waals surface area (Å²) in [5.41, 5.74) is 2.79. The van der Waals surface area contributed by atoms with E-state index in [2.05, 4.69) is 15.6 Å². The van der Waals surface area contributed by atoms with Gasteiger partial charge in [0.05, 0.1) is 25.3 Å². The maximum absolute atomic E-state index is 14.2. The Morgan fingerprint density at radius 1 is 0.951 bits per heavy atom. The highest BCUT2D eigenvalue weighted by molar-refractivity contribution is 6.02.